The SMILES string of the molecule is c1ccc(-n2c3ccccc3c3cc4c5ccccc5n(-c5nc6ccccc6o5)c4cc32)cc1. The molecule has 0 unspecified atom stereocenters. The number of nitrogens with zero attached hydrogens (tertiary/aromatic N) is 3. The normalized spacial score (nSPS) is 12.0. The molecule has 0 saturated carbocycles. The van der Waals surface area contributed by atoms with E-state index in [9.17, 15) is 0 Å². The monoisotopic (exact) mass is 449 g/mol. The van der Waals surface area contributed by atoms with E-state index < -0.39 is 0 Å². The summed E-state index contributed by atoms with van der Waals surface area (Å²) in [4.78, 5) is 4.85. The molecule has 4 nitrogen and oxygen atoms in total. The predicted octanol–water partition coefficient (Wildman–Crippen LogP) is 8.02. The highest BCUT2D eigenvalue weighted by Gasteiger charge is 2.20. The maximum atomic E-state index is 6.26. The lowest BCUT2D eigenvalue weighted by Gasteiger charge is -2.08. The van der Waals surface area contributed by atoms with E-state index in [2.05, 4.69) is 100 Å². The van der Waals surface area contributed by atoms with E-state index in [0.717, 1.165) is 33.3 Å². The van der Waals surface area contributed by atoms with Gasteiger partial charge in [0.05, 0.1) is 22.1 Å². The highest BCUT2D eigenvalue weighted by molar-refractivity contribution is 6.19. The van der Waals surface area contributed by atoms with Crippen LogP contribution >= 0.6 is 0 Å². The van der Waals surface area contributed by atoms with E-state index in [4.69, 9.17) is 9.40 Å². The van der Waals surface area contributed by atoms with E-state index in [0.29, 0.717) is 6.01 Å². The van der Waals surface area contributed by atoms with E-state index in [1.54, 1.807) is 0 Å². The molecule has 4 heteroatoms. The molecule has 0 atom stereocenters. The van der Waals surface area contributed by atoms with Crippen molar-refractivity contribution in [1.29, 1.82) is 0 Å². The molecule has 0 fully saturated rings. The summed E-state index contributed by atoms with van der Waals surface area (Å²) in [5.41, 5.74) is 7.29. The van der Waals surface area contributed by atoms with Gasteiger partial charge < -0.3 is 8.98 Å². The van der Waals surface area contributed by atoms with Crippen molar-refractivity contribution in [3.05, 3.63) is 115 Å². The summed E-state index contributed by atoms with van der Waals surface area (Å²) in [5, 5.41) is 4.85. The van der Waals surface area contributed by atoms with Gasteiger partial charge in [0.1, 0.15) is 5.52 Å². The Morgan fingerprint density at radius 2 is 1.09 bits per heavy atom. The third-order valence-corrected chi connectivity index (χ3v) is 6.95. The van der Waals surface area contributed by atoms with E-state index in [-0.39, 0.29) is 0 Å². The van der Waals surface area contributed by atoms with E-state index in [1.165, 1.54) is 27.1 Å². The molecule has 3 aromatic heterocycles. The van der Waals surface area contributed by atoms with Crippen LogP contribution in [0.4, 0.5) is 0 Å². The molecule has 0 amide bonds. The molecule has 0 N–H and O–H groups in total. The second-order valence-electron chi connectivity index (χ2n) is 8.89. The number of hydrogen-bond acceptors (Lipinski definition) is 2. The van der Waals surface area contributed by atoms with E-state index >= 15 is 0 Å². The standard InChI is InChI=1S/C31H19N3O/c1-2-10-20(11-3-1)33-26-15-7-4-12-21(26)23-18-24-22-13-5-8-16-27(22)34(29(24)19-28(23)33)31-32-25-14-6-9-17-30(25)35-31/h1-19H. The second kappa shape index (κ2) is 6.84. The minimum absolute atomic E-state index is 0.583. The highest BCUT2D eigenvalue weighted by Crippen LogP contribution is 2.39. The molecule has 0 bridgehead atoms. The smallest absolute Gasteiger partial charge is 0.307 e. The van der Waals surface area contributed by atoms with Crippen LogP contribution < -0.4 is 0 Å². The molecule has 0 aliphatic heterocycles. The molecule has 8 rings (SSSR count). The van der Waals surface area contributed by atoms with Gasteiger partial charge in [-0.3, -0.25) is 4.57 Å². The number of hydrogen-bond donors (Lipinski definition) is 0. The molecule has 0 aliphatic rings. The first-order valence-electron chi connectivity index (χ1n) is 11.7. The fourth-order valence-electron chi connectivity index (χ4n) is 5.45. The minimum Gasteiger partial charge on any atom is -0.423 e. The number of rotatable bonds is 2. The van der Waals surface area contributed by atoms with Gasteiger partial charge in [0, 0.05) is 27.2 Å². The number of benzene rings is 5. The molecule has 3 heterocycles. The van der Waals surface area contributed by atoms with Crippen LogP contribution in [0, 0.1) is 0 Å². The van der Waals surface area contributed by atoms with Crippen molar-refractivity contribution in [2.45, 2.75) is 0 Å². The molecular weight excluding hydrogens is 430 g/mol. The summed E-state index contributed by atoms with van der Waals surface area (Å²) in [5.74, 6) is 0. The summed E-state index contributed by atoms with van der Waals surface area (Å²) in [6, 6.07) is 40.8. The van der Waals surface area contributed by atoms with Gasteiger partial charge in [-0.1, -0.05) is 66.7 Å². The summed E-state index contributed by atoms with van der Waals surface area (Å²) >= 11 is 0. The van der Waals surface area contributed by atoms with Crippen LogP contribution in [-0.4, -0.2) is 14.1 Å². The number of fused-ring (bicyclic) bond motifs is 7. The number of aromatic nitrogens is 3. The van der Waals surface area contributed by atoms with Crippen LogP contribution in [0.3, 0.4) is 0 Å². The van der Waals surface area contributed by atoms with Crippen molar-refractivity contribution in [2.75, 3.05) is 0 Å². The average Bonchev–Trinajstić information content (AvgIpc) is 3.57. The van der Waals surface area contributed by atoms with Crippen LogP contribution in [0.15, 0.2) is 120 Å². The van der Waals surface area contributed by atoms with Crippen LogP contribution in [-0.2, 0) is 0 Å². The van der Waals surface area contributed by atoms with Gasteiger partial charge in [-0.15, -0.1) is 0 Å². The lowest BCUT2D eigenvalue weighted by molar-refractivity contribution is 0.574. The molecule has 35 heavy (non-hydrogen) atoms. The molecular formula is C31H19N3O. The summed E-state index contributed by atoms with van der Waals surface area (Å²) in [7, 11) is 0. The third kappa shape index (κ3) is 2.53. The van der Waals surface area contributed by atoms with Crippen LogP contribution in [0.25, 0.3) is 66.4 Å². The quantitative estimate of drug-likeness (QED) is 0.268. The van der Waals surface area contributed by atoms with Gasteiger partial charge >= 0.3 is 6.01 Å². The van der Waals surface area contributed by atoms with Crippen LogP contribution in [0.1, 0.15) is 0 Å². The largest absolute Gasteiger partial charge is 0.423 e. The first-order valence-corrected chi connectivity index (χ1v) is 11.7. The molecule has 8 aromatic rings. The van der Waals surface area contributed by atoms with Crippen molar-refractivity contribution in [3.63, 3.8) is 0 Å². The Hall–Kier alpha value is -4.83. The van der Waals surface area contributed by atoms with Crippen molar-refractivity contribution in [2.24, 2.45) is 0 Å². The van der Waals surface area contributed by atoms with Gasteiger partial charge in [-0.2, -0.15) is 4.98 Å². The maximum absolute atomic E-state index is 6.26. The first kappa shape index (κ1) is 18.6. The zero-order chi connectivity index (χ0) is 22.9. The summed E-state index contributed by atoms with van der Waals surface area (Å²) < 4.78 is 10.8. The van der Waals surface area contributed by atoms with Gasteiger partial charge in [0.2, 0.25) is 0 Å². The van der Waals surface area contributed by atoms with Crippen LogP contribution in [0.5, 0.6) is 0 Å². The lowest BCUT2D eigenvalue weighted by atomic mass is 10.1. The fourth-order valence-corrected chi connectivity index (χ4v) is 5.45. The Bertz CT molecular complexity index is 2030. The fraction of sp³-hybridized carbons (Fsp3) is 0. The Labute approximate surface area is 200 Å². The Kier molecular flexibility index (Phi) is 3.63. The Balaban J connectivity index is 1.57. The molecule has 0 aliphatic carbocycles. The van der Waals surface area contributed by atoms with Gasteiger partial charge in [-0.25, -0.2) is 0 Å². The lowest BCUT2D eigenvalue weighted by Crippen LogP contribution is -1.95. The average molecular weight is 450 g/mol. The third-order valence-electron chi connectivity index (χ3n) is 6.95. The van der Waals surface area contributed by atoms with Crippen molar-refractivity contribution >= 4 is 54.7 Å². The Morgan fingerprint density at radius 3 is 1.83 bits per heavy atom. The molecule has 5 aromatic carbocycles. The maximum Gasteiger partial charge on any atom is 0.307 e. The van der Waals surface area contributed by atoms with Crippen molar-refractivity contribution in [3.8, 4) is 11.7 Å². The molecule has 164 valence electrons. The zero-order valence-electron chi connectivity index (χ0n) is 18.7. The first-order chi connectivity index (χ1) is 17.4. The molecule has 0 spiro atoms. The molecule has 0 saturated heterocycles. The van der Waals surface area contributed by atoms with Crippen LogP contribution in [0.2, 0.25) is 0 Å². The van der Waals surface area contributed by atoms with E-state index in [1.807, 2.05) is 24.3 Å². The highest BCUT2D eigenvalue weighted by atomic mass is 16.4. The van der Waals surface area contributed by atoms with Gasteiger partial charge in [0.15, 0.2) is 5.58 Å². The van der Waals surface area contributed by atoms with Crippen molar-refractivity contribution in [1.82, 2.24) is 14.1 Å². The van der Waals surface area contributed by atoms with Gasteiger partial charge in [-0.05, 0) is 48.5 Å². The van der Waals surface area contributed by atoms with Crippen molar-refractivity contribution < 1.29 is 4.42 Å². The number of oxazole rings is 1. The van der Waals surface area contributed by atoms with Gasteiger partial charge in [0.25, 0.3) is 0 Å². The Morgan fingerprint density at radius 1 is 0.486 bits per heavy atom. The number of para-hydroxylation sites is 5. The molecule has 0 radical (unpaired) electrons. The topological polar surface area (TPSA) is 35.9 Å². The minimum atomic E-state index is 0.583. The zero-order valence-corrected chi connectivity index (χ0v) is 18.7. The summed E-state index contributed by atoms with van der Waals surface area (Å²) in [6.07, 6.45) is 0. The summed E-state index contributed by atoms with van der Waals surface area (Å²) in [6.45, 7) is 0. The second-order valence-corrected chi connectivity index (χ2v) is 8.89. The predicted molar refractivity (Wildman–Crippen MR) is 143 cm³/mol.